The second kappa shape index (κ2) is 4.37. The summed E-state index contributed by atoms with van der Waals surface area (Å²) in [6.45, 7) is 0.905. The first-order chi connectivity index (χ1) is 7.70. The molecule has 0 unspecified atom stereocenters. The fourth-order valence-electron chi connectivity index (χ4n) is 1.71. The highest BCUT2D eigenvalue weighted by atomic mass is 16.4. The number of nitrogens with zero attached hydrogens (tertiary/aromatic N) is 1. The van der Waals surface area contributed by atoms with Crippen LogP contribution < -0.4 is 0 Å². The van der Waals surface area contributed by atoms with Crippen molar-refractivity contribution in [2.45, 2.75) is 13.0 Å². The molecule has 0 aliphatic carbocycles. The number of aliphatic hydroxyl groups excluding tert-OH is 1. The van der Waals surface area contributed by atoms with E-state index in [4.69, 9.17) is 10.2 Å². The predicted molar refractivity (Wildman–Crippen MR) is 60.6 cm³/mol. The normalized spacial score (nSPS) is 10.8. The zero-order valence-corrected chi connectivity index (χ0v) is 8.76. The number of carbonyl (C=O) groups is 1. The number of aromatic carboxylic acids is 1. The maximum absolute atomic E-state index is 10.8. The predicted octanol–water partition coefficient (Wildman–Crippen LogP) is 1.72. The van der Waals surface area contributed by atoms with Gasteiger partial charge in [0.25, 0.3) is 0 Å². The molecule has 2 rings (SSSR count). The number of hydrogen-bond acceptors (Lipinski definition) is 2. The maximum atomic E-state index is 10.8. The van der Waals surface area contributed by atoms with Crippen LogP contribution >= 0.6 is 0 Å². The zero-order chi connectivity index (χ0) is 11.5. The molecule has 84 valence electrons. The third-order valence-electron chi connectivity index (χ3n) is 2.52. The van der Waals surface area contributed by atoms with Crippen molar-refractivity contribution >= 4 is 16.7 Å². The molecule has 0 aliphatic heterocycles. The van der Waals surface area contributed by atoms with Gasteiger partial charge in [0, 0.05) is 30.9 Å². The molecule has 0 aliphatic rings. The topological polar surface area (TPSA) is 62.5 Å². The molecule has 2 aromatic rings. The van der Waals surface area contributed by atoms with Gasteiger partial charge in [0.2, 0.25) is 0 Å². The average molecular weight is 219 g/mol. The summed E-state index contributed by atoms with van der Waals surface area (Å²) in [6.07, 6.45) is 4.56. The van der Waals surface area contributed by atoms with Crippen LogP contribution in [0, 0.1) is 0 Å². The zero-order valence-electron chi connectivity index (χ0n) is 8.76. The highest BCUT2D eigenvalue weighted by Crippen LogP contribution is 2.17. The summed E-state index contributed by atoms with van der Waals surface area (Å²) in [5.41, 5.74) is 0.299. The fraction of sp³-hybridized carbons (Fsp3) is 0.250. The number of aryl methyl sites for hydroxylation is 1. The van der Waals surface area contributed by atoms with E-state index in [2.05, 4.69) is 0 Å². The number of rotatable bonds is 4. The van der Waals surface area contributed by atoms with Crippen LogP contribution in [-0.4, -0.2) is 27.4 Å². The number of carboxylic acid groups (broad SMARTS) is 1. The Hall–Kier alpha value is -1.81. The molecule has 0 radical (unpaired) electrons. The molecular formula is C12H13NO3. The molecule has 0 spiro atoms. The van der Waals surface area contributed by atoms with Crippen LogP contribution in [0.15, 0.2) is 30.6 Å². The molecule has 0 bridgehead atoms. The van der Waals surface area contributed by atoms with Crippen LogP contribution in [0.1, 0.15) is 16.8 Å². The molecule has 0 fully saturated rings. The Kier molecular flexibility index (Phi) is 2.92. The Bertz CT molecular complexity index is 516. The number of benzene rings is 1. The molecule has 0 amide bonds. The van der Waals surface area contributed by atoms with Gasteiger partial charge in [0.05, 0.1) is 5.56 Å². The van der Waals surface area contributed by atoms with Crippen molar-refractivity contribution in [2.75, 3.05) is 6.61 Å². The summed E-state index contributed by atoms with van der Waals surface area (Å²) >= 11 is 0. The molecule has 0 atom stereocenters. The van der Waals surface area contributed by atoms with Crippen LogP contribution in [0.2, 0.25) is 0 Å². The number of aliphatic hydroxyl groups is 1. The Morgan fingerprint density at radius 1 is 1.25 bits per heavy atom. The highest BCUT2D eigenvalue weighted by Gasteiger charge is 2.05. The molecule has 16 heavy (non-hydrogen) atoms. The molecule has 4 nitrogen and oxygen atoms in total. The number of aromatic nitrogens is 1. The summed E-state index contributed by atoms with van der Waals surface area (Å²) in [5.74, 6) is -0.912. The first-order valence-electron chi connectivity index (χ1n) is 5.14. The monoisotopic (exact) mass is 219 g/mol. The van der Waals surface area contributed by atoms with E-state index >= 15 is 0 Å². The van der Waals surface area contributed by atoms with E-state index < -0.39 is 5.97 Å². The van der Waals surface area contributed by atoms with Gasteiger partial charge < -0.3 is 14.8 Å². The molecule has 0 saturated carbocycles. The average Bonchev–Trinajstić information content (AvgIpc) is 2.67. The SMILES string of the molecule is O=C(O)c1ccc2cn(CCCO)cc2c1. The molecule has 2 N–H and O–H groups in total. The van der Waals surface area contributed by atoms with E-state index in [0.717, 1.165) is 17.3 Å². The number of carboxylic acids is 1. The standard InChI is InChI=1S/C12H13NO3/c14-5-1-4-13-7-10-3-2-9(12(15)16)6-11(10)8-13/h2-3,6-8,14H,1,4-5H2,(H,15,16). The Morgan fingerprint density at radius 3 is 2.69 bits per heavy atom. The first-order valence-corrected chi connectivity index (χ1v) is 5.14. The van der Waals surface area contributed by atoms with Crippen LogP contribution in [-0.2, 0) is 6.54 Å². The summed E-state index contributed by atoms with van der Waals surface area (Å²) in [7, 11) is 0. The second-order valence-electron chi connectivity index (χ2n) is 3.72. The second-order valence-corrected chi connectivity index (χ2v) is 3.72. The van der Waals surface area contributed by atoms with Gasteiger partial charge in [0.1, 0.15) is 0 Å². The van der Waals surface area contributed by atoms with Crippen LogP contribution in [0.25, 0.3) is 10.8 Å². The Morgan fingerprint density at radius 2 is 2.00 bits per heavy atom. The lowest BCUT2D eigenvalue weighted by Gasteiger charge is -1.97. The van der Waals surface area contributed by atoms with Gasteiger partial charge in [-0.25, -0.2) is 4.79 Å². The number of hydrogen-bond donors (Lipinski definition) is 2. The van der Waals surface area contributed by atoms with E-state index in [1.54, 1.807) is 18.2 Å². The smallest absolute Gasteiger partial charge is 0.335 e. The maximum Gasteiger partial charge on any atom is 0.335 e. The van der Waals surface area contributed by atoms with E-state index in [9.17, 15) is 4.79 Å². The van der Waals surface area contributed by atoms with Gasteiger partial charge in [-0.3, -0.25) is 0 Å². The van der Waals surface area contributed by atoms with Gasteiger partial charge in [0.15, 0.2) is 0 Å². The van der Waals surface area contributed by atoms with Crippen LogP contribution in [0.3, 0.4) is 0 Å². The van der Waals surface area contributed by atoms with Gasteiger partial charge in [-0.1, -0.05) is 6.07 Å². The van der Waals surface area contributed by atoms with Crippen molar-refractivity contribution in [1.29, 1.82) is 0 Å². The summed E-state index contributed by atoms with van der Waals surface area (Å²) in [5, 5.41) is 19.5. The van der Waals surface area contributed by atoms with Gasteiger partial charge in [-0.15, -0.1) is 0 Å². The molecule has 1 aromatic heterocycles. The van der Waals surface area contributed by atoms with Crippen molar-refractivity contribution in [3.63, 3.8) is 0 Å². The van der Waals surface area contributed by atoms with Gasteiger partial charge >= 0.3 is 5.97 Å². The molecule has 0 saturated heterocycles. The van der Waals surface area contributed by atoms with Crippen molar-refractivity contribution in [1.82, 2.24) is 4.57 Å². The van der Waals surface area contributed by atoms with Crippen LogP contribution in [0.5, 0.6) is 0 Å². The van der Waals surface area contributed by atoms with E-state index in [1.807, 2.05) is 17.0 Å². The van der Waals surface area contributed by atoms with Crippen LogP contribution in [0.4, 0.5) is 0 Å². The third kappa shape index (κ3) is 2.06. The van der Waals surface area contributed by atoms with E-state index in [1.165, 1.54) is 0 Å². The minimum atomic E-state index is -0.912. The lowest BCUT2D eigenvalue weighted by molar-refractivity contribution is 0.0697. The van der Waals surface area contributed by atoms with Gasteiger partial charge in [-0.05, 0) is 23.9 Å². The van der Waals surface area contributed by atoms with Crippen molar-refractivity contribution in [2.24, 2.45) is 0 Å². The Balaban J connectivity index is 2.34. The molecular weight excluding hydrogens is 206 g/mol. The Labute approximate surface area is 92.7 Å². The molecule has 1 heterocycles. The highest BCUT2D eigenvalue weighted by molar-refractivity contribution is 5.94. The minimum absolute atomic E-state index is 0.162. The van der Waals surface area contributed by atoms with Crippen molar-refractivity contribution in [3.05, 3.63) is 36.2 Å². The summed E-state index contributed by atoms with van der Waals surface area (Å²) in [6, 6.07) is 5.06. The first kappa shape index (κ1) is 10.7. The quantitative estimate of drug-likeness (QED) is 0.823. The van der Waals surface area contributed by atoms with Crippen molar-refractivity contribution in [3.8, 4) is 0 Å². The lowest BCUT2D eigenvalue weighted by atomic mass is 10.1. The summed E-state index contributed by atoms with van der Waals surface area (Å²) < 4.78 is 1.96. The number of fused-ring (bicyclic) bond motifs is 1. The van der Waals surface area contributed by atoms with E-state index in [-0.39, 0.29) is 6.61 Å². The minimum Gasteiger partial charge on any atom is -0.478 e. The fourth-order valence-corrected chi connectivity index (χ4v) is 1.71. The van der Waals surface area contributed by atoms with Crippen molar-refractivity contribution < 1.29 is 15.0 Å². The lowest BCUT2D eigenvalue weighted by Crippen LogP contribution is -1.96. The molecule has 1 aromatic carbocycles. The third-order valence-corrected chi connectivity index (χ3v) is 2.52. The van der Waals surface area contributed by atoms with Gasteiger partial charge in [-0.2, -0.15) is 0 Å². The molecule has 4 heteroatoms. The largest absolute Gasteiger partial charge is 0.478 e. The van der Waals surface area contributed by atoms with E-state index in [0.29, 0.717) is 12.0 Å². The summed E-state index contributed by atoms with van der Waals surface area (Å²) in [4.78, 5) is 10.8.